The lowest BCUT2D eigenvalue weighted by molar-refractivity contribution is -0.137. The van der Waals surface area contributed by atoms with Crippen LogP contribution in [0.5, 0.6) is 0 Å². The Balaban J connectivity index is 1.83. The Labute approximate surface area is 195 Å². The van der Waals surface area contributed by atoms with E-state index in [4.69, 9.17) is 14.8 Å². The molecule has 33 heavy (non-hydrogen) atoms. The number of fused-ring (bicyclic) bond motifs is 2. The van der Waals surface area contributed by atoms with Gasteiger partial charge in [0.15, 0.2) is 5.78 Å². The number of nitrogens with one attached hydrogen (secondary N) is 1. The van der Waals surface area contributed by atoms with Crippen molar-refractivity contribution in [3.63, 3.8) is 0 Å². The molecule has 1 aliphatic rings. The first-order chi connectivity index (χ1) is 16.0. The summed E-state index contributed by atoms with van der Waals surface area (Å²) in [7, 11) is 0. The number of nitrogens with zero attached hydrogens (tertiary/aromatic N) is 1. The third-order valence-electron chi connectivity index (χ3n) is 5.75. The number of aryl methyl sites for hydroxylation is 1. The smallest absolute Gasteiger partial charge is 0.341 e. The molecule has 0 spiro atoms. The van der Waals surface area contributed by atoms with Gasteiger partial charge in [-0.05, 0) is 50.7 Å². The second-order valence-electron chi connectivity index (χ2n) is 7.99. The molecule has 1 aromatic carbocycles. The fourth-order valence-corrected chi connectivity index (χ4v) is 5.46. The summed E-state index contributed by atoms with van der Waals surface area (Å²) in [5, 5.41) is 10.3. The molecule has 2 heterocycles. The van der Waals surface area contributed by atoms with Gasteiger partial charge in [-0.1, -0.05) is 18.2 Å². The summed E-state index contributed by atoms with van der Waals surface area (Å²) in [5.74, 6) is -1.60. The van der Waals surface area contributed by atoms with Crippen LogP contribution in [0.25, 0.3) is 10.9 Å². The minimum Gasteiger partial charge on any atom is -0.481 e. The molecule has 0 aliphatic heterocycles. The number of thiophene rings is 1. The number of carboxylic acid groups (broad SMARTS) is 1. The molecular formula is C25H26N2O5S. The van der Waals surface area contributed by atoms with Crippen LogP contribution in [0, 0.1) is 0 Å². The van der Waals surface area contributed by atoms with Gasteiger partial charge in [0.25, 0.3) is 0 Å². The van der Waals surface area contributed by atoms with Gasteiger partial charge in [-0.25, -0.2) is 9.79 Å². The van der Waals surface area contributed by atoms with E-state index in [0.29, 0.717) is 16.1 Å². The van der Waals surface area contributed by atoms with Crippen molar-refractivity contribution >= 4 is 50.7 Å². The minimum absolute atomic E-state index is 0.0600. The lowest BCUT2D eigenvalue weighted by atomic mass is 9.95. The van der Waals surface area contributed by atoms with Crippen molar-refractivity contribution in [3.8, 4) is 0 Å². The van der Waals surface area contributed by atoms with Crippen molar-refractivity contribution in [3.05, 3.63) is 52.0 Å². The highest BCUT2D eigenvalue weighted by Gasteiger charge is 2.28. The molecule has 4 rings (SSSR count). The molecule has 1 aliphatic carbocycles. The fourth-order valence-electron chi connectivity index (χ4n) is 4.20. The van der Waals surface area contributed by atoms with Gasteiger partial charge in [0.05, 0.1) is 12.2 Å². The number of ether oxygens (including phenoxy) is 1. The summed E-state index contributed by atoms with van der Waals surface area (Å²) in [6, 6.07) is 7.62. The standard InChI is InChI=1S/C25H26N2O5S/c1-2-32-25(31)22-16-9-4-6-12-20(16)33-24(22)27-23(19(28)11-7-13-21(29)30)17-14-26-18-10-5-3-8-15(17)18/h3,5,8,10,14,26H,2,4,6-7,9,11-13H2,1H3,(H,29,30). The Morgan fingerprint density at radius 1 is 1.15 bits per heavy atom. The summed E-state index contributed by atoms with van der Waals surface area (Å²) in [6.07, 6.45) is 5.68. The lowest BCUT2D eigenvalue weighted by Gasteiger charge is -2.12. The quantitative estimate of drug-likeness (QED) is 0.332. The number of H-pyrrole nitrogens is 1. The number of carbonyl (C=O) groups is 3. The van der Waals surface area contributed by atoms with E-state index in [-0.39, 0.29) is 37.4 Å². The molecular weight excluding hydrogens is 440 g/mol. The molecule has 0 bridgehead atoms. The van der Waals surface area contributed by atoms with Gasteiger partial charge in [0, 0.05) is 40.4 Å². The van der Waals surface area contributed by atoms with Gasteiger partial charge in [-0.15, -0.1) is 11.3 Å². The Kier molecular flexibility index (Phi) is 7.03. The van der Waals surface area contributed by atoms with E-state index in [1.165, 1.54) is 11.3 Å². The number of aromatic amines is 1. The molecule has 172 valence electrons. The van der Waals surface area contributed by atoms with E-state index in [2.05, 4.69) is 4.98 Å². The van der Waals surface area contributed by atoms with Gasteiger partial charge in [-0.2, -0.15) is 0 Å². The zero-order chi connectivity index (χ0) is 23.4. The first-order valence-electron chi connectivity index (χ1n) is 11.2. The first-order valence-corrected chi connectivity index (χ1v) is 12.0. The number of aliphatic imine (C=N–C) groups is 1. The van der Waals surface area contributed by atoms with Crippen molar-refractivity contribution in [1.82, 2.24) is 4.98 Å². The fraction of sp³-hybridized carbons (Fsp3) is 0.360. The number of ketones is 1. The highest BCUT2D eigenvalue weighted by atomic mass is 32.1. The van der Waals surface area contributed by atoms with Crippen LogP contribution in [-0.4, -0.2) is 40.1 Å². The average molecular weight is 467 g/mol. The summed E-state index contributed by atoms with van der Waals surface area (Å²) in [5.41, 5.74) is 3.20. The maximum absolute atomic E-state index is 13.3. The van der Waals surface area contributed by atoms with Gasteiger partial charge >= 0.3 is 11.9 Å². The zero-order valence-corrected chi connectivity index (χ0v) is 19.3. The van der Waals surface area contributed by atoms with E-state index < -0.39 is 11.9 Å². The number of hydrogen-bond acceptors (Lipinski definition) is 6. The van der Waals surface area contributed by atoms with E-state index in [9.17, 15) is 14.4 Å². The Morgan fingerprint density at radius 2 is 1.94 bits per heavy atom. The largest absolute Gasteiger partial charge is 0.481 e. The highest BCUT2D eigenvalue weighted by molar-refractivity contribution is 7.16. The van der Waals surface area contributed by atoms with Crippen LogP contribution in [0.4, 0.5) is 5.00 Å². The number of aliphatic carboxylic acids is 1. The molecule has 0 fully saturated rings. The van der Waals surface area contributed by atoms with Gasteiger partial charge in [-0.3, -0.25) is 9.59 Å². The molecule has 8 heteroatoms. The Hall–Kier alpha value is -3.26. The van der Waals surface area contributed by atoms with E-state index in [1.807, 2.05) is 24.3 Å². The van der Waals surface area contributed by atoms with Crippen molar-refractivity contribution in [2.45, 2.75) is 51.9 Å². The van der Waals surface area contributed by atoms with E-state index in [0.717, 1.165) is 47.0 Å². The van der Waals surface area contributed by atoms with Crippen LogP contribution in [0.1, 0.15) is 65.4 Å². The molecule has 0 saturated carbocycles. The van der Waals surface area contributed by atoms with Crippen molar-refractivity contribution in [2.24, 2.45) is 4.99 Å². The number of carboxylic acids is 1. The number of hydrogen-bond donors (Lipinski definition) is 2. The molecule has 0 unspecified atom stereocenters. The number of benzene rings is 1. The van der Waals surface area contributed by atoms with Gasteiger partial charge < -0.3 is 14.8 Å². The van der Waals surface area contributed by atoms with Crippen LogP contribution in [0.15, 0.2) is 35.5 Å². The molecule has 0 atom stereocenters. The van der Waals surface area contributed by atoms with Crippen LogP contribution in [0.2, 0.25) is 0 Å². The van der Waals surface area contributed by atoms with Gasteiger partial charge in [0.2, 0.25) is 0 Å². The van der Waals surface area contributed by atoms with Crippen LogP contribution >= 0.6 is 11.3 Å². The number of para-hydroxylation sites is 1. The predicted octanol–water partition coefficient (Wildman–Crippen LogP) is 5.23. The highest BCUT2D eigenvalue weighted by Crippen LogP contribution is 2.41. The SMILES string of the molecule is CCOC(=O)c1c(N=C(C(=O)CCCC(=O)O)c2c[nH]c3ccccc23)sc2c1CCCC2. The molecule has 2 N–H and O–H groups in total. The lowest BCUT2D eigenvalue weighted by Crippen LogP contribution is -2.16. The molecule has 7 nitrogen and oxygen atoms in total. The summed E-state index contributed by atoms with van der Waals surface area (Å²) in [4.78, 5) is 46.1. The molecule has 0 saturated heterocycles. The number of esters is 1. The third kappa shape index (κ3) is 4.90. The van der Waals surface area contributed by atoms with E-state index in [1.54, 1.807) is 13.1 Å². The second kappa shape index (κ2) is 10.1. The number of carbonyl (C=O) groups excluding carboxylic acids is 2. The Morgan fingerprint density at radius 3 is 2.73 bits per heavy atom. The monoisotopic (exact) mass is 466 g/mol. The van der Waals surface area contributed by atoms with Crippen molar-refractivity contribution in [2.75, 3.05) is 6.61 Å². The molecule has 0 radical (unpaired) electrons. The number of rotatable bonds is 9. The third-order valence-corrected chi connectivity index (χ3v) is 6.93. The first kappa shape index (κ1) is 22.9. The summed E-state index contributed by atoms with van der Waals surface area (Å²) >= 11 is 1.45. The minimum atomic E-state index is -0.941. The second-order valence-corrected chi connectivity index (χ2v) is 9.07. The van der Waals surface area contributed by atoms with Crippen molar-refractivity contribution in [1.29, 1.82) is 0 Å². The zero-order valence-electron chi connectivity index (χ0n) is 18.5. The van der Waals surface area contributed by atoms with Crippen molar-refractivity contribution < 1.29 is 24.2 Å². The molecule has 2 aromatic heterocycles. The van der Waals surface area contributed by atoms with Crippen LogP contribution in [0.3, 0.4) is 0 Å². The summed E-state index contributed by atoms with van der Waals surface area (Å²) < 4.78 is 5.33. The van der Waals surface area contributed by atoms with Crippen LogP contribution in [-0.2, 0) is 27.2 Å². The van der Waals surface area contributed by atoms with Gasteiger partial charge in [0.1, 0.15) is 10.7 Å². The number of Topliss-reactive ketones (excluding diaryl/α,β-unsaturated/α-hetero) is 1. The van der Waals surface area contributed by atoms with Crippen LogP contribution < -0.4 is 0 Å². The number of aromatic nitrogens is 1. The maximum Gasteiger partial charge on any atom is 0.341 e. The average Bonchev–Trinajstić information content (AvgIpc) is 3.38. The molecule has 3 aromatic rings. The Bertz CT molecular complexity index is 1240. The molecule has 0 amide bonds. The predicted molar refractivity (Wildman–Crippen MR) is 128 cm³/mol. The summed E-state index contributed by atoms with van der Waals surface area (Å²) in [6.45, 7) is 2.03. The van der Waals surface area contributed by atoms with E-state index >= 15 is 0 Å². The maximum atomic E-state index is 13.3. The normalized spacial score (nSPS) is 13.7. The topological polar surface area (TPSA) is 109 Å².